The summed E-state index contributed by atoms with van der Waals surface area (Å²) < 4.78 is 6.03. The predicted octanol–water partition coefficient (Wildman–Crippen LogP) is 3.70. The number of hydrogen-bond donors (Lipinski definition) is 0. The van der Waals surface area contributed by atoms with Crippen molar-refractivity contribution in [1.82, 2.24) is 5.06 Å². The highest BCUT2D eigenvalue weighted by atomic mass is 16.7. The van der Waals surface area contributed by atoms with Crippen LogP contribution in [0, 0.1) is 5.92 Å². The lowest BCUT2D eigenvalue weighted by molar-refractivity contribution is -0.221. The van der Waals surface area contributed by atoms with E-state index in [1.54, 1.807) is 0 Å². The molecule has 2 aliphatic rings. The molecular formula is C19H19NO3. The Labute approximate surface area is 135 Å². The van der Waals surface area contributed by atoms with Gasteiger partial charge in [0, 0.05) is 11.1 Å². The van der Waals surface area contributed by atoms with Gasteiger partial charge in [-0.15, -0.1) is 0 Å². The lowest BCUT2D eigenvalue weighted by Gasteiger charge is -2.24. The van der Waals surface area contributed by atoms with Gasteiger partial charge in [0.05, 0.1) is 13.2 Å². The van der Waals surface area contributed by atoms with Gasteiger partial charge in [0.1, 0.15) is 0 Å². The molecule has 4 heteroatoms. The zero-order chi connectivity index (χ0) is 15.6. The zero-order valence-electron chi connectivity index (χ0n) is 12.9. The van der Waals surface area contributed by atoms with Crippen LogP contribution in [0.15, 0.2) is 54.6 Å². The summed E-state index contributed by atoms with van der Waals surface area (Å²) in [5.41, 5.74) is 2.62. The van der Waals surface area contributed by atoms with Crippen LogP contribution < -0.4 is 0 Å². The molecule has 1 saturated carbocycles. The summed E-state index contributed by atoms with van der Waals surface area (Å²) in [6.45, 7) is 1.03. The fourth-order valence-electron chi connectivity index (χ4n) is 2.76. The number of carbonyl (C=O) groups is 1. The van der Waals surface area contributed by atoms with Crippen molar-refractivity contribution >= 4 is 5.91 Å². The lowest BCUT2D eigenvalue weighted by Crippen LogP contribution is -2.30. The van der Waals surface area contributed by atoms with E-state index in [1.165, 1.54) is 17.9 Å². The summed E-state index contributed by atoms with van der Waals surface area (Å²) in [7, 11) is 0. The van der Waals surface area contributed by atoms with Gasteiger partial charge >= 0.3 is 0 Å². The molecule has 118 valence electrons. The molecule has 1 aliphatic heterocycles. The lowest BCUT2D eigenvalue weighted by atomic mass is 10.1. The van der Waals surface area contributed by atoms with Crippen LogP contribution >= 0.6 is 0 Å². The van der Waals surface area contributed by atoms with Gasteiger partial charge < -0.3 is 4.74 Å². The Kier molecular flexibility index (Phi) is 3.85. The molecule has 0 spiro atoms. The van der Waals surface area contributed by atoms with E-state index in [0.717, 1.165) is 11.1 Å². The highest BCUT2D eigenvalue weighted by Crippen LogP contribution is 2.37. The molecule has 2 aromatic carbocycles. The van der Waals surface area contributed by atoms with Crippen LogP contribution in [0.5, 0.6) is 0 Å². The number of hydrogen-bond acceptors (Lipinski definition) is 3. The summed E-state index contributed by atoms with van der Waals surface area (Å²) >= 11 is 0. The molecular weight excluding hydrogens is 290 g/mol. The summed E-state index contributed by atoms with van der Waals surface area (Å²) in [5, 5.41) is 1.41. The second-order valence-electron chi connectivity index (χ2n) is 6.11. The van der Waals surface area contributed by atoms with Gasteiger partial charge in [0.2, 0.25) is 0 Å². The second-order valence-corrected chi connectivity index (χ2v) is 6.11. The maximum atomic E-state index is 12.6. The first-order valence-electron chi connectivity index (χ1n) is 8.04. The minimum atomic E-state index is -0.474. The van der Waals surface area contributed by atoms with Crippen LogP contribution in [0.1, 0.15) is 40.6 Å². The van der Waals surface area contributed by atoms with E-state index in [0.29, 0.717) is 24.7 Å². The van der Waals surface area contributed by atoms with Gasteiger partial charge in [0.25, 0.3) is 5.91 Å². The van der Waals surface area contributed by atoms with Crippen LogP contribution in [0.4, 0.5) is 0 Å². The molecule has 1 unspecified atom stereocenters. The third-order valence-electron chi connectivity index (χ3n) is 4.27. The van der Waals surface area contributed by atoms with E-state index in [9.17, 15) is 4.79 Å². The number of ether oxygens (including phenoxy) is 1. The third kappa shape index (κ3) is 3.00. The zero-order valence-corrected chi connectivity index (χ0v) is 12.9. The van der Waals surface area contributed by atoms with Crippen molar-refractivity contribution < 1.29 is 14.4 Å². The SMILES string of the molecule is O=C1c2ccccc2C(OCc2ccccc2)N1OCC1CC1. The van der Waals surface area contributed by atoms with E-state index in [-0.39, 0.29) is 5.91 Å². The first-order chi connectivity index (χ1) is 11.3. The molecule has 0 saturated heterocycles. The van der Waals surface area contributed by atoms with Gasteiger partial charge in [-0.25, -0.2) is 0 Å². The van der Waals surface area contributed by atoms with Crippen molar-refractivity contribution in [3.8, 4) is 0 Å². The molecule has 0 radical (unpaired) electrons. The topological polar surface area (TPSA) is 38.8 Å². The van der Waals surface area contributed by atoms with Crippen molar-refractivity contribution in [1.29, 1.82) is 0 Å². The fourth-order valence-corrected chi connectivity index (χ4v) is 2.76. The van der Waals surface area contributed by atoms with E-state index in [4.69, 9.17) is 9.57 Å². The number of benzene rings is 2. The molecule has 23 heavy (non-hydrogen) atoms. The molecule has 4 rings (SSSR count). The Morgan fingerprint density at radius 2 is 1.74 bits per heavy atom. The monoisotopic (exact) mass is 309 g/mol. The fraction of sp³-hybridized carbons (Fsp3) is 0.316. The first kappa shape index (κ1) is 14.4. The van der Waals surface area contributed by atoms with Crippen molar-refractivity contribution in [2.45, 2.75) is 25.7 Å². The molecule has 4 nitrogen and oxygen atoms in total. The van der Waals surface area contributed by atoms with E-state index in [1.807, 2.05) is 54.6 Å². The minimum absolute atomic E-state index is 0.112. The van der Waals surface area contributed by atoms with E-state index in [2.05, 4.69) is 0 Å². The Morgan fingerprint density at radius 3 is 2.52 bits per heavy atom. The summed E-state index contributed by atoms with van der Waals surface area (Å²) in [5.74, 6) is 0.473. The van der Waals surface area contributed by atoms with Crippen LogP contribution in [0.2, 0.25) is 0 Å². The Hall–Kier alpha value is -2.17. The molecule has 2 aromatic rings. The van der Waals surface area contributed by atoms with Crippen molar-refractivity contribution in [2.24, 2.45) is 5.92 Å². The minimum Gasteiger partial charge on any atom is -0.347 e. The number of fused-ring (bicyclic) bond motifs is 1. The number of nitrogens with zero attached hydrogens (tertiary/aromatic N) is 1. The molecule has 0 N–H and O–H groups in total. The van der Waals surface area contributed by atoms with Gasteiger partial charge in [0.15, 0.2) is 6.23 Å². The average molecular weight is 309 g/mol. The highest BCUT2D eigenvalue weighted by molar-refractivity contribution is 5.98. The van der Waals surface area contributed by atoms with E-state index < -0.39 is 6.23 Å². The number of carbonyl (C=O) groups excluding carboxylic acids is 1. The Bertz CT molecular complexity index is 697. The maximum absolute atomic E-state index is 12.6. The molecule has 1 amide bonds. The number of hydroxylamine groups is 2. The maximum Gasteiger partial charge on any atom is 0.280 e. The summed E-state index contributed by atoms with van der Waals surface area (Å²) in [6, 6.07) is 17.5. The Morgan fingerprint density at radius 1 is 1.00 bits per heavy atom. The van der Waals surface area contributed by atoms with Crippen LogP contribution in [-0.2, 0) is 16.2 Å². The largest absolute Gasteiger partial charge is 0.347 e. The van der Waals surface area contributed by atoms with Crippen LogP contribution in [0.3, 0.4) is 0 Å². The van der Waals surface area contributed by atoms with Gasteiger partial charge in [-0.05, 0) is 30.4 Å². The smallest absolute Gasteiger partial charge is 0.280 e. The summed E-state index contributed by atoms with van der Waals surface area (Å²) in [6.07, 6.45) is 1.90. The highest BCUT2D eigenvalue weighted by Gasteiger charge is 2.39. The molecule has 0 aromatic heterocycles. The molecule has 1 aliphatic carbocycles. The van der Waals surface area contributed by atoms with Gasteiger partial charge in [-0.3, -0.25) is 9.63 Å². The van der Waals surface area contributed by atoms with Gasteiger partial charge in [-0.2, -0.15) is 5.06 Å². The van der Waals surface area contributed by atoms with Crippen molar-refractivity contribution in [3.05, 3.63) is 71.3 Å². The molecule has 0 bridgehead atoms. The van der Waals surface area contributed by atoms with Gasteiger partial charge in [-0.1, -0.05) is 48.5 Å². The summed E-state index contributed by atoms with van der Waals surface area (Å²) in [4.78, 5) is 18.4. The third-order valence-corrected chi connectivity index (χ3v) is 4.27. The second kappa shape index (κ2) is 6.14. The van der Waals surface area contributed by atoms with Crippen molar-refractivity contribution in [3.63, 3.8) is 0 Å². The van der Waals surface area contributed by atoms with Crippen LogP contribution in [0.25, 0.3) is 0 Å². The molecule has 1 atom stereocenters. The predicted molar refractivity (Wildman–Crippen MR) is 85.3 cm³/mol. The number of rotatable bonds is 6. The molecule has 1 heterocycles. The Balaban J connectivity index is 1.53. The first-order valence-corrected chi connectivity index (χ1v) is 8.04. The van der Waals surface area contributed by atoms with E-state index >= 15 is 0 Å². The normalized spacial score (nSPS) is 19.9. The number of amides is 1. The average Bonchev–Trinajstić information content (AvgIpc) is 3.38. The van der Waals surface area contributed by atoms with Crippen LogP contribution in [-0.4, -0.2) is 17.6 Å². The standard InChI is InChI=1S/C19H19NO3/c21-18-16-8-4-5-9-17(16)19(20(18)23-13-15-10-11-15)22-12-14-6-2-1-3-7-14/h1-9,15,19H,10-13H2. The van der Waals surface area contributed by atoms with Crippen molar-refractivity contribution in [2.75, 3.05) is 6.61 Å². The molecule has 1 fully saturated rings. The quantitative estimate of drug-likeness (QED) is 0.816.